The van der Waals surface area contributed by atoms with Gasteiger partial charge in [0.15, 0.2) is 0 Å². The number of thiophene rings is 1. The van der Waals surface area contributed by atoms with Crippen molar-refractivity contribution in [1.82, 2.24) is 14.9 Å². The lowest BCUT2D eigenvalue weighted by atomic mass is 10.3. The van der Waals surface area contributed by atoms with Gasteiger partial charge in [-0.3, -0.25) is 0 Å². The normalized spacial score (nSPS) is 31.6. The molecule has 0 amide bonds. The highest BCUT2D eigenvalue weighted by molar-refractivity contribution is 7.13. The summed E-state index contributed by atoms with van der Waals surface area (Å²) in [5.41, 5.74) is 1.29. The minimum atomic E-state index is 0.695. The Kier molecular flexibility index (Phi) is 1.78. The lowest BCUT2D eigenvalue weighted by Crippen LogP contribution is -2.16. The molecular weight excluding hydrogens is 218 g/mol. The van der Waals surface area contributed by atoms with Crippen molar-refractivity contribution in [2.24, 2.45) is 11.8 Å². The van der Waals surface area contributed by atoms with Crippen LogP contribution in [0.4, 0.5) is 0 Å². The van der Waals surface area contributed by atoms with Crippen molar-refractivity contribution in [3.05, 3.63) is 30.0 Å². The summed E-state index contributed by atoms with van der Waals surface area (Å²) in [7, 11) is 0. The second-order valence-electron chi connectivity index (χ2n) is 4.64. The van der Waals surface area contributed by atoms with E-state index in [2.05, 4.69) is 32.4 Å². The van der Waals surface area contributed by atoms with Gasteiger partial charge in [0.25, 0.3) is 0 Å². The lowest BCUT2D eigenvalue weighted by molar-refractivity contribution is 0.573. The van der Waals surface area contributed by atoms with Crippen LogP contribution in [0.15, 0.2) is 30.0 Å². The first-order chi connectivity index (χ1) is 7.95. The maximum absolute atomic E-state index is 4.32. The van der Waals surface area contributed by atoms with Crippen molar-refractivity contribution in [3.63, 3.8) is 0 Å². The fourth-order valence-corrected chi connectivity index (χ4v) is 3.70. The van der Waals surface area contributed by atoms with E-state index in [1.165, 1.54) is 23.7 Å². The number of imidazole rings is 1. The smallest absolute Gasteiger partial charge is 0.0954 e. The topological polar surface area (TPSA) is 29.9 Å². The third kappa shape index (κ3) is 1.14. The first-order valence-corrected chi connectivity index (χ1v) is 6.59. The summed E-state index contributed by atoms with van der Waals surface area (Å²) in [5, 5.41) is 5.56. The van der Waals surface area contributed by atoms with Gasteiger partial charge in [-0.15, -0.1) is 11.3 Å². The average molecular weight is 231 g/mol. The molecule has 0 bridgehead atoms. The Hall–Kier alpha value is -1.13. The summed E-state index contributed by atoms with van der Waals surface area (Å²) < 4.78 is 2.38. The van der Waals surface area contributed by atoms with Gasteiger partial charge in [0, 0.05) is 19.1 Å². The second-order valence-corrected chi connectivity index (χ2v) is 5.59. The van der Waals surface area contributed by atoms with Crippen LogP contribution < -0.4 is 5.32 Å². The van der Waals surface area contributed by atoms with E-state index in [1.54, 1.807) is 11.3 Å². The minimum absolute atomic E-state index is 0.695. The van der Waals surface area contributed by atoms with Gasteiger partial charge in [-0.1, -0.05) is 6.07 Å². The number of fused-ring (bicyclic) bond motifs is 1. The van der Waals surface area contributed by atoms with Crippen LogP contribution in [0.25, 0.3) is 10.6 Å². The Morgan fingerprint density at radius 2 is 2.25 bits per heavy atom. The second kappa shape index (κ2) is 3.18. The van der Waals surface area contributed by atoms with Crippen molar-refractivity contribution in [1.29, 1.82) is 0 Å². The molecule has 2 aromatic rings. The van der Waals surface area contributed by atoms with E-state index in [-0.39, 0.29) is 0 Å². The first kappa shape index (κ1) is 8.96. The summed E-state index contributed by atoms with van der Waals surface area (Å²) in [4.78, 5) is 5.64. The minimum Gasteiger partial charge on any atom is -0.326 e. The average Bonchev–Trinajstić information content (AvgIpc) is 2.89. The zero-order valence-electron chi connectivity index (χ0n) is 8.84. The van der Waals surface area contributed by atoms with E-state index >= 15 is 0 Å². The van der Waals surface area contributed by atoms with Crippen LogP contribution in [0.3, 0.4) is 0 Å². The van der Waals surface area contributed by atoms with Gasteiger partial charge in [-0.05, 0) is 23.3 Å². The summed E-state index contributed by atoms with van der Waals surface area (Å²) in [6, 6.07) is 4.97. The number of nitrogens with one attached hydrogen (secondary N) is 1. The molecule has 1 N–H and O–H groups in total. The Bertz CT molecular complexity index is 492. The molecule has 4 heteroatoms. The maximum atomic E-state index is 4.32. The fourth-order valence-electron chi connectivity index (χ4n) is 2.96. The number of aromatic nitrogens is 2. The van der Waals surface area contributed by atoms with E-state index in [0.717, 1.165) is 11.8 Å². The predicted molar refractivity (Wildman–Crippen MR) is 64.4 cm³/mol. The molecule has 2 fully saturated rings. The Labute approximate surface area is 98.1 Å². The van der Waals surface area contributed by atoms with Gasteiger partial charge >= 0.3 is 0 Å². The molecule has 16 heavy (non-hydrogen) atoms. The molecule has 4 rings (SSSR count). The molecule has 1 aliphatic heterocycles. The molecule has 2 aliphatic rings. The molecular formula is C12H13N3S. The van der Waals surface area contributed by atoms with Crippen LogP contribution in [0, 0.1) is 11.8 Å². The molecule has 0 aromatic carbocycles. The molecule has 1 saturated heterocycles. The Balaban J connectivity index is 1.72. The van der Waals surface area contributed by atoms with Crippen LogP contribution in [-0.2, 0) is 0 Å². The van der Waals surface area contributed by atoms with Gasteiger partial charge in [0.05, 0.1) is 23.1 Å². The standard InChI is InChI=1S/C12H13N3S/c1-2-11(16-3-1)10-6-14-7-15(10)12-8-4-13-5-9(8)12/h1-3,6-9,12-13H,4-5H2. The number of hydrogen-bond donors (Lipinski definition) is 1. The maximum Gasteiger partial charge on any atom is 0.0954 e. The highest BCUT2D eigenvalue weighted by Gasteiger charge is 2.54. The molecule has 3 nitrogen and oxygen atoms in total. The summed E-state index contributed by atoms with van der Waals surface area (Å²) in [6.45, 7) is 2.36. The molecule has 2 aromatic heterocycles. The predicted octanol–water partition coefficient (Wildman–Crippen LogP) is 2.00. The molecule has 0 spiro atoms. The fraction of sp³-hybridized carbons (Fsp3) is 0.417. The zero-order chi connectivity index (χ0) is 10.5. The van der Waals surface area contributed by atoms with Gasteiger partial charge in [-0.2, -0.15) is 0 Å². The van der Waals surface area contributed by atoms with E-state index < -0.39 is 0 Å². The molecule has 1 saturated carbocycles. The number of nitrogens with zero attached hydrogens (tertiary/aromatic N) is 2. The van der Waals surface area contributed by atoms with Crippen molar-refractivity contribution in [2.75, 3.05) is 13.1 Å². The number of hydrogen-bond acceptors (Lipinski definition) is 3. The van der Waals surface area contributed by atoms with Gasteiger partial charge in [0.1, 0.15) is 0 Å². The van der Waals surface area contributed by atoms with Crippen LogP contribution >= 0.6 is 11.3 Å². The third-order valence-electron chi connectivity index (χ3n) is 3.81. The Morgan fingerprint density at radius 3 is 3.00 bits per heavy atom. The van der Waals surface area contributed by atoms with Crippen molar-refractivity contribution < 1.29 is 0 Å². The van der Waals surface area contributed by atoms with Gasteiger partial charge in [0.2, 0.25) is 0 Å². The highest BCUT2D eigenvalue weighted by atomic mass is 32.1. The van der Waals surface area contributed by atoms with Crippen LogP contribution in [0.2, 0.25) is 0 Å². The van der Waals surface area contributed by atoms with Crippen LogP contribution in [0.1, 0.15) is 6.04 Å². The monoisotopic (exact) mass is 231 g/mol. The van der Waals surface area contributed by atoms with E-state index in [0.29, 0.717) is 6.04 Å². The highest BCUT2D eigenvalue weighted by Crippen LogP contribution is 2.53. The quantitative estimate of drug-likeness (QED) is 0.856. The van der Waals surface area contributed by atoms with Crippen LogP contribution in [-0.4, -0.2) is 22.6 Å². The van der Waals surface area contributed by atoms with Crippen molar-refractivity contribution >= 4 is 11.3 Å². The first-order valence-electron chi connectivity index (χ1n) is 5.71. The lowest BCUT2D eigenvalue weighted by Gasteiger charge is -2.09. The third-order valence-corrected chi connectivity index (χ3v) is 4.70. The van der Waals surface area contributed by atoms with E-state index in [4.69, 9.17) is 0 Å². The largest absolute Gasteiger partial charge is 0.326 e. The summed E-state index contributed by atoms with van der Waals surface area (Å²) in [5.74, 6) is 1.68. The summed E-state index contributed by atoms with van der Waals surface area (Å²) in [6.07, 6.45) is 3.99. The van der Waals surface area contributed by atoms with Crippen molar-refractivity contribution in [3.8, 4) is 10.6 Å². The zero-order valence-corrected chi connectivity index (χ0v) is 9.65. The number of piperidine rings is 1. The van der Waals surface area contributed by atoms with Crippen LogP contribution in [0.5, 0.6) is 0 Å². The number of rotatable bonds is 2. The van der Waals surface area contributed by atoms with Gasteiger partial charge < -0.3 is 9.88 Å². The van der Waals surface area contributed by atoms with Crippen molar-refractivity contribution in [2.45, 2.75) is 6.04 Å². The SMILES string of the molecule is c1csc(-c2cncn2C2C3CNCC32)c1. The van der Waals surface area contributed by atoms with E-state index in [9.17, 15) is 0 Å². The molecule has 2 unspecified atom stereocenters. The molecule has 0 radical (unpaired) electrons. The van der Waals surface area contributed by atoms with E-state index in [1.807, 2.05) is 12.5 Å². The summed E-state index contributed by atoms with van der Waals surface area (Å²) >= 11 is 1.79. The Morgan fingerprint density at radius 1 is 1.38 bits per heavy atom. The molecule has 1 aliphatic carbocycles. The molecule has 2 atom stereocenters. The molecule has 82 valence electrons. The molecule has 3 heterocycles. The van der Waals surface area contributed by atoms with Gasteiger partial charge in [-0.25, -0.2) is 4.98 Å².